The van der Waals surface area contributed by atoms with Crippen LogP contribution in [0.15, 0.2) is 0 Å². The summed E-state index contributed by atoms with van der Waals surface area (Å²) in [7, 11) is -4.84. The van der Waals surface area contributed by atoms with Crippen molar-refractivity contribution >= 4 is 22.1 Å². The van der Waals surface area contributed by atoms with Crippen LogP contribution >= 0.6 is 0 Å². The van der Waals surface area contributed by atoms with Crippen molar-refractivity contribution < 1.29 is 67.1 Å². The molecule has 0 aliphatic rings. The van der Waals surface area contributed by atoms with Gasteiger partial charge in [-0.3, -0.25) is 14.1 Å². The Morgan fingerprint density at radius 2 is 1.70 bits per heavy atom. The molecule has 0 aromatic heterocycles. The zero-order valence-electron chi connectivity index (χ0n) is 13.7. The molecule has 132 valence electrons. The molecule has 1 unspecified atom stereocenters. The molecule has 3 N–H and O–H groups in total. The van der Waals surface area contributed by atoms with Crippen LogP contribution in [0.3, 0.4) is 0 Å². The Morgan fingerprint density at radius 3 is 2.00 bits per heavy atom. The van der Waals surface area contributed by atoms with Crippen LogP contribution in [-0.4, -0.2) is 53.6 Å². The summed E-state index contributed by atoms with van der Waals surface area (Å²) in [4.78, 5) is 20.0. The smallest absolute Gasteiger partial charge is 0.481 e. The van der Waals surface area contributed by atoms with Crippen molar-refractivity contribution in [1.29, 1.82) is 0 Å². The third kappa shape index (κ3) is 19.8. The molecule has 1 atom stereocenters. The van der Waals surface area contributed by atoms with Crippen LogP contribution in [-0.2, 0) is 24.4 Å². The van der Waals surface area contributed by atoms with E-state index in [1.807, 2.05) is 0 Å². The largest absolute Gasteiger partial charge is 1.00 e. The Kier molecular flexibility index (Phi) is 20.0. The zero-order chi connectivity index (χ0) is 17.6. The first kappa shape index (κ1) is 27.6. The second kappa shape index (κ2) is 16.7. The minimum Gasteiger partial charge on any atom is -0.481 e. The van der Waals surface area contributed by atoms with Crippen molar-refractivity contribution in [3.8, 4) is 0 Å². The van der Waals surface area contributed by atoms with E-state index in [1.165, 1.54) is 25.7 Å². The van der Waals surface area contributed by atoms with Crippen LogP contribution in [0, 0.1) is 6.92 Å². The van der Waals surface area contributed by atoms with Crippen LogP contribution < -0.4 is 29.6 Å². The van der Waals surface area contributed by atoms with Crippen molar-refractivity contribution in [2.45, 2.75) is 50.7 Å². The van der Waals surface area contributed by atoms with E-state index in [2.05, 4.69) is 13.8 Å². The van der Waals surface area contributed by atoms with Gasteiger partial charge in [-0.25, -0.2) is 0 Å². The second-order valence-corrected chi connectivity index (χ2v) is 6.07. The quantitative estimate of drug-likeness (QED) is 0.176. The van der Waals surface area contributed by atoms with E-state index >= 15 is 0 Å². The zero-order valence-corrected chi connectivity index (χ0v) is 16.5. The third-order valence-corrected chi connectivity index (χ3v) is 3.51. The molecule has 0 saturated heterocycles. The minimum absolute atomic E-state index is 0. The summed E-state index contributed by atoms with van der Waals surface area (Å²) in [5.41, 5.74) is 0. The molecule has 0 heterocycles. The van der Waals surface area contributed by atoms with E-state index in [0.29, 0.717) is 0 Å². The molecule has 0 radical (unpaired) electrons. The molecule has 0 bridgehead atoms. The number of carbonyl (C=O) groups is 2. The molecular formula is C13H25NaO8S. The van der Waals surface area contributed by atoms with Crippen molar-refractivity contribution in [1.82, 2.24) is 0 Å². The van der Waals surface area contributed by atoms with Gasteiger partial charge in [-0.15, -0.1) is 0 Å². The van der Waals surface area contributed by atoms with Gasteiger partial charge >= 0.3 is 41.5 Å². The number of hydrogen-bond donors (Lipinski definition) is 3. The average molecular weight is 364 g/mol. The van der Waals surface area contributed by atoms with Crippen molar-refractivity contribution in [2.75, 3.05) is 13.2 Å². The predicted molar refractivity (Wildman–Crippen MR) is 80.2 cm³/mol. The van der Waals surface area contributed by atoms with Gasteiger partial charge in [-0.05, 0) is 6.42 Å². The summed E-state index contributed by atoms with van der Waals surface area (Å²) in [5.74, 6) is -3.50. The number of carboxylic acids is 2. The first-order valence-electron chi connectivity index (χ1n) is 6.94. The van der Waals surface area contributed by atoms with Gasteiger partial charge in [-0.2, -0.15) is 14.8 Å². The summed E-state index contributed by atoms with van der Waals surface area (Å²) in [6, 6.07) is 0. The van der Waals surface area contributed by atoms with Gasteiger partial charge in [-0.1, -0.05) is 26.2 Å². The molecule has 10 heteroatoms. The summed E-state index contributed by atoms with van der Waals surface area (Å²) in [6.45, 7) is 7.67. The summed E-state index contributed by atoms with van der Waals surface area (Å²) >= 11 is 0. The van der Waals surface area contributed by atoms with Gasteiger partial charge in [0, 0.05) is 13.2 Å². The van der Waals surface area contributed by atoms with Gasteiger partial charge in [0.1, 0.15) is 0 Å². The van der Waals surface area contributed by atoms with E-state index in [1.54, 1.807) is 0 Å². The van der Waals surface area contributed by atoms with Gasteiger partial charge in [0.2, 0.25) is 0 Å². The molecule has 0 aliphatic carbocycles. The fourth-order valence-corrected chi connectivity index (χ4v) is 1.92. The molecule has 0 fully saturated rings. The Labute approximate surface area is 159 Å². The molecule has 8 nitrogen and oxygen atoms in total. The van der Waals surface area contributed by atoms with Gasteiger partial charge in [0.15, 0.2) is 5.25 Å². The number of hydrogen-bond acceptors (Lipinski definition) is 5. The van der Waals surface area contributed by atoms with Crippen molar-refractivity contribution in [3.05, 3.63) is 6.92 Å². The molecule has 0 rings (SSSR count). The van der Waals surface area contributed by atoms with Crippen LogP contribution in [0.5, 0.6) is 0 Å². The molecule has 0 amide bonds. The fraction of sp³-hybridized carbons (Fsp3) is 0.769. The van der Waals surface area contributed by atoms with E-state index in [0.717, 1.165) is 19.6 Å². The molecule has 23 heavy (non-hydrogen) atoms. The maximum Gasteiger partial charge on any atom is 1.00 e. The predicted octanol–water partition coefficient (Wildman–Crippen LogP) is -1.39. The van der Waals surface area contributed by atoms with Crippen LogP contribution in [0.4, 0.5) is 0 Å². The number of aliphatic carboxylic acids is 2. The van der Waals surface area contributed by atoms with E-state index < -0.39 is 33.7 Å². The van der Waals surface area contributed by atoms with E-state index in [9.17, 15) is 18.0 Å². The summed E-state index contributed by atoms with van der Waals surface area (Å²) < 4.78 is 33.9. The second-order valence-electron chi connectivity index (χ2n) is 4.47. The summed E-state index contributed by atoms with van der Waals surface area (Å²) in [5, 5.41) is 13.9. The van der Waals surface area contributed by atoms with E-state index in [4.69, 9.17) is 19.5 Å². The molecule has 0 aromatic carbocycles. The third-order valence-electron chi connectivity index (χ3n) is 2.43. The average Bonchev–Trinajstić information content (AvgIpc) is 2.39. The number of rotatable bonds is 11. The fourth-order valence-electron chi connectivity index (χ4n) is 1.31. The SMILES string of the molecule is O=C(O)CC(C(=O)O)S(=O)(=O)O.[CH2-]CCOCCCCCC.[Na+]. The van der Waals surface area contributed by atoms with Gasteiger partial charge in [0.25, 0.3) is 10.1 Å². The molecule has 0 spiro atoms. The van der Waals surface area contributed by atoms with Gasteiger partial charge < -0.3 is 21.9 Å². The first-order chi connectivity index (χ1) is 10.2. The molecule has 0 aliphatic heterocycles. The Balaban J connectivity index is -0.000000338. The number of unbranched alkanes of at least 4 members (excludes halogenated alkanes) is 3. The summed E-state index contributed by atoms with van der Waals surface area (Å²) in [6.07, 6.45) is 4.91. The number of ether oxygens (including phenoxy) is 1. The maximum atomic E-state index is 10.2. The molecular weight excluding hydrogens is 339 g/mol. The Hall–Kier alpha value is -0.190. The normalized spacial score (nSPS) is 11.6. The Morgan fingerprint density at radius 1 is 1.13 bits per heavy atom. The van der Waals surface area contributed by atoms with Crippen LogP contribution in [0.2, 0.25) is 0 Å². The van der Waals surface area contributed by atoms with Crippen molar-refractivity contribution in [2.24, 2.45) is 0 Å². The van der Waals surface area contributed by atoms with Crippen molar-refractivity contribution in [3.63, 3.8) is 0 Å². The monoisotopic (exact) mass is 364 g/mol. The van der Waals surface area contributed by atoms with Crippen LogP contribution in [0.1, 0.15) is 45.4 Å². The standard InChI is InChI=1S/C9H19O.C4H6O7S.Na/c1-3-5-6-7-9-10-8-4-2;5-3(6)1-2(4(7)8)12(9,10)11;/h2-9H2,1H3;2H,1H2,(H,5,6)(H,7,8)(H,9,10,11);/q-1;;+1. The first-order valence-corrected chi connectivity index (χ1v) is 8.45. The number of carboxylic acid groups (broad SMARTS) is 2. The van der Waals surface area contributed by atoms with Gasteiger partial charge in [0.05, 0.1) is 6.42 Å². The maximum absolute atomic E-state index is 10.2. The van der Waals surface area contributed by atoms with Crippen LogP contribution in [0.25, 0.3) is 0 Å². The Bertz CT molecular complexity index is 402. The topological polar surface area (TPSA) is 138 Å². The molecule has 0 aromatic rings. The minimum atomic E-state index is -4.84. The molecule has 0 saturated carbocycles. The van der Waals surface area contributed by atoms with E-state index in [-0.39, 0.29) is 29.6 Å².